The van der Waals surface area contributed by atoms with Crippen molar-refractivity contribution >= 4 is 17.9 Å². The van der Waals surface area contributed by atoms with Crippen LogP contribution in [0.3, 0.4) is 0 Å². The zero-order chi connectivity index (χ0) is 17.8. The number of cyclic esters (lactones) is 1. The summed E-state index contributed by atoms with van der Waals surface area (Å²) in [6.45, 7) is 2.35. The van der Waals surface area contributed by atoms with Crippen molar-refractivity contribution in [3.05, 3.63) is 65.1 Å². The Labute approximate surface area is 144 Å². The van der Waals surface area contributed by atoms with E-state index in [2.05, 4.69) is 4.99 Å². The number of halogens is 1. The first-order chi connectivity index (χ1) is 12.1. The van der Waals surface area contributed by atoms with E-state index >= 15 is 0 Å². The Morgan fingerprint density at radius 1 is 1.20 bits per heavy atom. The van der Waals surface area contributed by atoms with Gasteiger partial charge in [0.1, 0.15) is 5.82 Å². The van der Waals surface area contributed by atoms with E-state index < -0.39 is 11.8 Å². The summed E-state index contributed by atoms with van der Waals surface area (Å²) in [7, 11) is 1.55. The van der Waals surface area contributed by atoms with Crippen molar-refractivity contribution < 1.29 is 23.4 Å². The van der Waals surface area contributed by atoms with Crippen LogP contribution in [-0.2, 0) is 9.53 Å². The summed E-state index contributed by atoms with van der Waals surface area (Å²) in [6.07, 6.45) is 1.55. The predicted octanol–water partition coefficient (Wildman–Crippen LogP) is 3.58. The summed E-state index contributed by atoms with van der Waals surface area (Å²) < 4.78 is 29.6. The van der Waals surface area contributed by atoms with Gasteiger partial charge in [-0.25, -0.2) is 14.2 Å². The summed E-state index contributed by atoms with van der Waals surface area (Å²) in [6, 6.07) is 11.2. The number of rotatable bonds is 5. The van der Waals surface area contributed by atoms with Crippen molar-refractivity contribution in [1.82, 2.24) is 0 Å². The zero-order valence-corrected chi connectivity index (χ0v) is 13.8. The van der Waals surface area contributed by atoms with Crippen LogP contribution < -0.4 is 9.47 Å². The highest BCUT2D eigenvalue weighted by Gasteiger charge is 2.26. The van der Waals surface area contributed by atoms with Crippen LogP contribution in [0.2, 0.25) is 0 Å². The first kappa shape index (κ1) is 16.7. The fraction of sp³-hybridized carbons (Fsp3) is 0.158. The molecule has 0 bridgehead atoms. The van der Waals surface area contributed by atoms with Crippen LogP contribution >= 0.6 is 0 Å². The fourth-order valence-corrected chi connectivity index (χ4v) is 2.37. The average molecular weight is 341 g/mol. The van der Waals surface area contributed by atoms with Gasteiger partial charge < -0.3 is 14.2 Å². The summed E-state index contributed by atoms with van der Waals surface area (Å²) in [4.78, 5) is 16.1. The molecule has 1 heterocycles. The number of carbonyl (C=O) groups excluding carboxylic acids is 1. The lowest BCUT2D eigenvalue weighted by Crippen LogP contribution is -2.07. The van der Waals surface area contributed by atoms with Gasteiger partial charge in [0, 0.05) is 0 Å². The molecular weight excluding hydrogens is 325 g/mol. The van der Waals surface area contributed by atoms with E-state index in [-0.39, 0.29) is 17.2 Å². The Morgan fingerprint density at radius 3 is 2.72 bits per heavy atom. The van der Waals surface area contributed by atoms with Gasteiger partial charge in [0.25, 0.3) is 0 Å². The van der Waals surface area contributed by atoms with Crippen LogP contribution in [0.4, 0.5) is 4.39 Å². The van der Waals surface area contributed by atoms with Crippen molar-refractivity contribution in [2.75, 3.05) is 13.7 Å². The first-order valence-corrected chi connectivity index (χ1v) is 7.70. The van der Waals surface area contributed by atoms with Crippen LogP contribution in [0.25, 0.3) is 6.08 Å². The summed E-state index contributed by atoms with van der Waals surface area (Å²) >= 11 is 0. The number of hydrogen-bond acceptors (Lipinski definition) is 5. The van der Waals surface area contributed by atoms with Crippen molar-refractivity contribution in [1.29, 1.82) is 0 Å². The van der Waals surface area contributed by atoms with E-state index in [9.17, 15) is 9.18 Å². The monoisotopic (exact) mass is 341 g/mol. The highest BCUT2D eigenvalue weighted by Crippen LogP contribution is 2.29. The van der Waals surface area contributed by atoms with Crippen molar-refractivity contribution in [2.24, 2.45) is 4.99 Å². The van der Waals surface area contributed by atoms with Gasteiger partial charge in [0.2, 0.25) is 5.90 Å². The van der Waals surface area contributed by atoms with Crippen LogP contribution in [0, 0.1) is 5.82 Å². The molecule has 1 aliphatic rings. The molecule has 6 heteroatoms. The largest absolute Gasteiger partial charge is 0.493 e. The zero-order valence-electron chi connectivity index (χ0n) is 13.8. The molecule has 0 fully saturated rings. The maximum atomic E-state index is 13.8. The molecule has 0 saturated carbocycles. The Bertz CT molecular complexity index is 873. The van der Waals surface area contributed by atoms with Crippen molar-refractivity contribution in [3.63, 3.8) is 0 Å². The summed E-state index contributed by atoms with van der Waals surface area (Å²) in [5.41, 5.74) is 0.921. The quantitative estimate of drug-likeness (QED) is 0.616. The van der Waals surface area contributed by atoms with Gasteiger partial charge in [0.05, 0.1) is 19.3 Å². The second-order valence-electron chi connectivity index (χ2n) is 5.16. The van der Waals surface area contributed by atoms with E-state index in [0.29, 0.717) is 23.7 Å². The molecule has 0 unspecified atom stereocenters. The van der Waals surface area contributed by atoms with E-state index in [1.54, 1.807) is 43.5 Å². The number of nitrogens with zero attached hydrogens (tertiary/aromatic N) is 1. The third-order valence-corrected chi connectivity index (χ3v) is 3.52. The summed E-state index contributed by atoms with van der Waals surface area (Å²) in [5.74, 6) is -0.0316. The molecular formula is C19H16FNO4. The van der Waals surface area contributed by atoms with E-state index in [1.807, 2.05) is 6.92 Å². The standard InChI is InChI=1S/C19H16FNO4/c1-3-24-17-11-12(8-9-16(17)23-2)10-15-19(22)25-18(21-15)13-6-4-5-7-14(13)20/h4-11H,3H2,1-2H3/b15-10-. The number of methoxy groups -OCH3 is 1. The molecule has 0 aliphatic carbocycles. The molecule has 3 rings (SSSR count). The Morgan fingerprint density at radius 2 is 2.00 bits per heavy atom. The molecule has 0 atom stereocenters. The van der Waals surface area contributed by atoms with Gasteiger partial charge in [0.15, 0.2) is 17.2 Å². The van der Waals surface area contributed by atoms with Gasteiger partial charge in [-0.3, -0.25) is 0 Å². The second-order valence-corrected chi connectivity index (χ2v) is 5.16. The number of benzene rings is 2. The Hall–Kier alpha value is -3.15. The first-order valence-electron chi connectivity index (χ1n) is 7.70. The lowest BCUT2D eigenvalue weighted by molar-refractivity contribution is -0.129. The number of carbonyl (C=O) groups is 1. The third kappa shape index (κ3) is 3.52. The highest BCUT2D eigenvalue weighted by molar-refractivity contribution is 6.12. The maximum Gasteiger partial charge on any atom is 0.363 e. The molecule has 5 nitrogen and oxygen atoms in total. The topological polar surface area (TPSA) is 57.1 Å². The summed E-state index contributed by atoms with van der Waals surface area (Å²) in [5, 5.41) is 0. The van der Waals surface area contributed by atoms with E-state index in [0.717, 1.165) is 0 Å². The molecule has 0 saturated heterocycles. The molecule has 0 amide bonds. The van der Waals surface area contributed by atoms with Crippen molar-refractivity contribution in [3.8, 4) is 11.5 Å². The second kappa shape index (κ2) is 7.17. The van der Waals surface area contributed by atoms with Gasteiger partial charge in [-0.15, -0.1) is 0 Å². The minimum atomic E-state index is -0.632. The molecule has 25 heavy (non-hydrogen) atoms. The molecule has 2 aromatic rings. The molecule has 0 N–H and O–H groups in total. The molecule has 0 spiro atoms. The van der Waals surface area contributed by atoms with Crippen LogP contribution in [-0.4, -0.2) is 25.6 Å². The van der Waals surface area contributed by atoms with Gasteiger partial charge in [-0.1, -0.05) is 18.2 Å². The maximum absolute atomic E-state index is 13.8. The number of aliphatic imine (C=N–C) groups is 1. The third-order valence-electron chi connectivity index (χ3n) is 3.52. The number of hydrogen-bond donors (Lipinski definition) is 0. The Balaban J connectivity index is 1.94. The molecule has 128 valence electrons. The fourth-order valence-electron chi connectivity index (χ4n) is 2.37. The SMILES string of the molecule is CCOc1cc(/C=C2\N=C(c3ccccc3F)OC2=O)ccc1OC. The normalized spacial score (nSPS) is 15.1. The van der Waals surface area contributed by atoms with Gasteiger partial charge in [-0.2, -0.15) is 0 Å². The number of esters is 1. The van der Waals surface area contributed by atoms with E-state index in [4.69, 9.17) is 14.2 Å². The molecule has 0 aromatic heterocycles. The smallest absolute Gasteiger partial charge is 0.363 e. The minimum Gasteiger partial charge on any atom is -0.493 e. The Kier molecular flexibility index (Phi) is 4.79. The lowest BCUT2D eigenvalue weighted by atomic mass is 10.1. The van der Waals surface area contributed by atoms with Gasteiger partial charge in [-0.05, 0) is 42.8 Å². The van der Waals surface area contributed by atoms with Gasteiger partial charge >= 0.3 is 5.97 Å². The number of ether oxygens (including phenoxy) is 3. The highest BCUT2D eigenvalue weighted by atomic mass is 19.1. The van der Waals surface area contributed by atoms with Crippen LogP contribution in [0.1, 0.15) is 18.1 Å². The predicted molar refractivity (Wildman–Crippen MR) is 91.2 cm³/mol. The average Bonchev–Trinajstić information content (AvgIpc) is 2.96. The van der Waals surface area contributed by atoms with Crippen LogP contribution in [0.15, 0.2) is 53.2 Å². The molecule has 2 aromatic carbocycles. The molecule has 0 radical (unpaired) electrons. The van der Waals surface area contributed by atoms with Crippen LogP contribution in [0.5, 0.6) is 11.5 Å². The molecule has 1 aliphatic heterocycles. The minimum absolute atomic E-state index is 0.0482. The van der Waals surface area contributed by atoms with Crippen molar-refractivity contribution in [2.45, 2.75) is 6.92 Å². The lowest BCUT2D eigenvalue weighted by Gasteiger charge is -2.09. The van der Waals surface area contributed by atoms with E-state index in [1.165, 1.54) is 12.1 Å².